The summed E-state index contributed by atoms with van der Waals surface area (Å²) in [5.74, 6) is 0.447. The number of aliphatic imine (C=N–C) groups is 1. The first kappa shape index (κ1) is 32.4. The molecule has 0 bridgehead atoms. The van der Waals surface area contributed by atoms with Crippen molar-refractivity contribution in [1.29, 1.82) is 0 Å². The second-order valence-electron chi connectivity index (χ2n) is 12.3. The third-order valence-electron chi connectivity index (χ3n) is 8.46. The van der Waals surface area contributed by atoms with Crippen LogP contribution in [0.4, 0.5) is 17.1 Å². The number of hydrogen-bond acceptors (Lipinski definition) is 7. The lowest BCUT2D eigenvalue weighted by Gasteiger charge is -2.41. The molecule has 1 unspecified atom stereocenters. The third kappa shape index (κ3) is 6.39. The van der Waals surface area contributed by atoms with E-state index in [1.54, 1.807) is 6.07 Å². The monoisotopic (exact) mass is 670 g/mol. The van der Waals surface area contributed by atoms with Crippen molar-refractivity contribution in [3.8, 4) is 5.75 Å². The van der Waals surface area contributed by atoms with E-state index in [1.165, 1.54) is 6.07 Å². The van der Waals surface area contributed by atoms with Gasteiger partial charge in [0.25, 0.3) is 20.2 Å². The van der Waals surface area contributed by atoms with Crippen molar-refractivity contribution >= 4 is 48.6 Å². The van der Waals surface area contributed by atoms with Crippen molar-refractivity contribution in [2.45, 2.75) is 56.4 Å². The number of aryl methyl sites for hydroxylation is 4. The van der Waals surface area contributed by atoms with E-state index in [0.29, 0.717) is 28.9 Å². The summed E-state index contributed by atoms with van der Waals surface area (Å²) in [6.45, 7) is 9.93. The summed E-state index contributed by atoms with van der Waals surface area (Å²) in [6.07, 6.45) is 3.99. The third-order valence-corrected chi connectivity index (χ3v) is 10.2. The number of nitrogens with zero attached hydrogens (tertiary/aromatic N) is 1. The Balaban J connectivity index is 1.56. The predicted molar refractivity (Wildman–Crippen MR) is 184 cm³/mol. The first-order chi connectivity index (χ1) is 22.0. The summed E-state index contributed by atoms with van der Waals surface area (Å²) >= 11 is 0. The molecule has 3 N–H and O–H groups in total. The van der Waals surface area contributed by atoms with E-state index in [4.69, 9.17) is 9.73 Å². The van der Waals surface area contributed by atoms with E-state index in [-0.39, 0.29) is 5.56 Å². The van der Waals surface area contributed by atoms with Crippen LogP contribution in [0.5, 0.6) is 5.75 Å². The molecule has 6 rings (SSSR count). The van der Waals surface area contributed by atoms with Crippen LogP contribution in [0.3, 0.4) is 0 Å². The van der Waals surface area contributed by atoms with Crippen molar-refractivity contribution in [1.82, 2.24) is 0 Å². The van der Waals surface area contributed by atoms with Gasteiger partial charge in [-0.2, -0.15) is 16.8 Å². The smallest absolute Gasteiger partial charge is 0.295 e. The van der Waals surface area contributed by atoms with Crippen molar-refractivity contribution in [3.05, 3.63) is 124 Å². The SMILES string of the molecule is Cc1ccc(N=C2C=CC3=C(c4ccc(S(=O)(=O)O)cc4S(=O)(=O)O)c4ccc(Nc5ccc(C)cc5C)cc4OC3(C)C2)c(C)c1. The highest BCUT2D eigenvalue weighted by Crippen LogP contribution is 2.49. The molecule has 9 nitrogen and oxygen atoms in total. The van der Waals surface area contributed by atoms with E-state index in [2.05, 4.69) is 17.4 Å². The fourth-order valence-corrected chi connectivity index (χ4v) is 7.52. The molecule has 0 fully saturated rings. The molecule has 0 saturated carbocycles. The summed E-state index contributed by atoms with van der Waals surface area (Å²) in [5, 5.41) is 3.44. The van der Waals surface area contributed by atoms with Crippen molar-refractivity contribution < 1.29 is 30.7 Å². The molecular weight excluding hydrogens is 637 g/mol. The largest absolute Gasteiger partial charge is 0.482 e. The van der Waals surface area contributed by atoms with Gasteiger partial charge in [-0.3, -0.25) is 14.1 Å². The minimum atomic E-state index is -4.95. The lowest BCUT2D eigenvalue weighted by Crippen LogP contribution is -2.41. The summed E-state index contributed by atoms with van der Waals surface area (Å²) in [5.41, 5.74) is 8.14. The molecule has 1 aliphatic heterocycles. The number of anilines is 2. The highest BCUT2D eigenvalue weighted by atomic mass is 32.2. The fraction of sp³-hybridized carbons (Fsp3) is 0.194. The Morgan fingerprint density at radius 2 is 1.45 bits per heavy atom. The maximum atomic E-state index is 12.7. The van der Waals surface area contributed by atoms with Gasteiger partial charge in [-0.1, -0.05) is 47.5 Å². The number of hydrogen-bond donors (Lipinski definition) is 3. The van der Waals surface area contributed by atoms with Crippen LogP contribution in [-0.2, 0) is 20.2 Å². The van der Waals surface area contributed by atoms with Gasteiger partial charge in [0.2, 0.25) is 0 Å². The average Bonchev–Trinajstić information content (AvgIpc) is 2.97. The molecular formula is C36H34N2O7S2. The summed E-state index contributed by atoms with van der Waals surface area (Å²) in [6, 6.07) is 20.7. The number of fused-ring (bicyclic) bond motifs is 2. The molecule has 1 aliphatic carbocycles. The molecule has 4 aromatic rings. The summed E-state index contributed by atoms with van der Waals surface area (Å²) in [7, 11) is -9.72. The predicted octanol–water partition coefficient (Wildman–Crippen LogP) is 7.84. The minimum Gasteiger partial charge on any atom is -0.482 e. The molecule has 0 radical (unpaired) electrons. The zero-order chi connectivity index (χ0) is 33.9. The van der Waals surface area contributed by atoms with E-state index in [9.17, 15) is 25.9 Å². The van der Waals surface area contributed by atoms with Gasteiger partial charge in [0.1, 0.15) is 16.2 Å². The number of benzene rings is 4. The Hall–Kier alpha value is -4.55. The van der Waals surface area contributed by atoms with E-state index in [1.807, 2.05) is 83.2 Å². The lowest BCUT2D eigenvalue weighted by molar-refractivity contribution is 0.134. The molecule has 1 atom stereocenters. The van der Waals surface area contributed by atoms with Gasteiger partial charge < -0.3 is 10.1 Å². The van der Waals surface area contributed by atoms with Crippen LogP contribution in [0.15, 0.2) is 105 Å². The van der Waals surface area contributed by atoms with E-state index in [0.717, 1.165) is 57.2 Å². The number of ether oxygens (including phenoxy) is 1. The van der Waals surface area contributed by atoms with Gasteiger partial charge in [-0.15, -0.1) is 0 Å². The van der Waals surface area contributed by atoms with Gasteiger partial charge in [-0.25, -0.2) is 0 Å². The molecule has 0 spiro atoms. The minimum absolute atomic E-state index is 0.0557. The van der Waals surface area contributed by atoms with Crippen LogP contribution >= 0.6 is 0 Å². The van der Waals surface area contributed by atoms with Gasteiger partial charge in [0.05, 0.1) is 10.6 Å². The molecule has 4 aromatic carbocycles. The maximum absolute atomic E-state index is 12.7. The average molecular weight is 671 g/mol. The Labute approximate surface area is 274 Å². The van der Waals surface area contributed by atoms with Crippen molar-refractivity contribution in [2.75, 3.05) is 5.32 Å². The first-order valence-corrected chi connectivity index (χ1v) is 17.7. The van der Waals surface area contributed by atoms with Crippen LogP contribution in [-0.4, -0.2) is 37.3 Å². The first-order valence-electron chi connectivity index (χ1n) is 14.9. The maximum Gasteiger partial charge on any atom is 0.295 e. The molecule has 47 heavy (non-hydrogen) atoms. The molecule has 11 heteroatoms. The Morgan fingerprint density at radius 1 is 0.766 bits per heavy atom. The number of allylic oxidation sites excluding steroid dienone is 1. The van der Waals surface area contributed by atoms with Crippen LogP contribution in [0.25, 0.3) is 5.57 Å². The zero-order valence-electron chi connectivity index (χ0n) is 26.5. The second kappa shape index (κ2) is 11.6. The topological polar surface area (TPSA) is 142 Å². The molecule has 2 aliphatic rings. The molecule has 1 heterocycles. The normalized spacial score (nSPS) is 18.5. The van der Waals surface area contributed by atoms with Gasteiger partial charge in [0, 0.05) is 51.8 Å². The summed E-state index contributed by atoms with van der Waals surface area (Å²) < 4.78 is 76.1. The van der Waals surface area contributed by atoms with Crippen LogP contribution in [0, 0.1) is 27.7 Å². The van der Waals surface area contributed by atoms with Crippen molar-refractivity contribution in [3.63, 3.8) is 0 Å². The Bertz CT molecular complexity index is 2290. The molecule has 0 saturated heterocycles. The quantitative estimate of drug-likeness (QED) is 0.176. The van der Waals surface area contributed by atoms with E-state index >= 15 is 0 Å². The van der Waals surface area contributed by atoms with Gasteiger partial charge in [0.15, 0.2) is 0 Å². The highest BCUT2D eigenvalue weighted by molar-refractivity contribution is 7.86. The van der Waals surface area contributed by atoms with Gasteiger partial charge in [-0.05, 0) is 88.2 Å². The number of rotatable bonds is 6. The van der Waals surface area contributed by atoms with Crippen molar-refractivity contribution in [2.24, 2.45) is 4.99 Å². The van der Waals surface area contributed by atoms with Gasteiger partial charge >= 0.3 is 0 Å². The van der Waals surface area contributed by atoms with E-state index < -0.39 is 35.6 Å². The molecule has 0 amide bonds. The zero-order valence-corrected chi connectivity index (χ0v) is 28.1. The Kier molecular flexibility index (Phi) is 8.00. The highest BCUT2D eigenvalue weighted by Gasteiger charge is 2.42. The standard InChI is InChI=1S/C36H34N2O7S2/c1-21-6-14-31(23(3)16-21)37-25-8-11-28-33(18-25)45-36(5)20-26(38-32-15-7-22(2)17-24(32)4)9-13-30(36)35(28)29-12-10-27(46(39,40)41)19-34(29)47(42,43)44/h6-19,37H,20H2,1-5H3,(H,39,40,41)(H,42,43,44). The van der Waals surface area contributed by atoms with Crippen LogP contribution < -0.4 is 10.1 Å². The Morgan fingerprint density at radius 3 is 2.11 bits per heavy atom. The lowest BCUT2D eigenvalue weighted by atomic mass is 9.76. The van der Waals surface area contributed by atoms with Crippen LogP contribution in [0.1, 0.15) is 46.7 Å². The van der Waals surface area contributed by atoms with Crippen LogP contribution in [0.2, 0.25) is 0 Å². The number of nitrogens with one attached hydrogen (secondary N) is 1. The molecule has 0 aromatic heterocycles. The second-order valence-corrected chi connectivity index (χ2v) is 15.1. The summed E-state index contributed by atoms with van der Waals surface area (Å²) in [4.78, 5) is 3.60. The molecule has 242 valence electrons. The fourth-order valence-electron chi connectivity index (χ4n) is 6.22.